The monoisotopic (exact) mass is 347 g/mol. The SMILES string of the molecule is Nc1nc(=O)[nH]c(C(=O)c2ccccc2)c1C1O[C@H](CO)[C@@H](O)[C@H]1O. The summed E-state index contributed by atoms with van der Waals surface area (Å²) in [5.41, 5.74) is 5.04. The second-order valence-electron chi connectivity index (χ2n) is 5.67. The van der Waals surface area contributed by atoms with Crippen molar-refractivity contribution < 1.29 is 24.9 Å². The number of aromatic nitrogens is 2. The minimum atomic E-state index is -1.45. The molecule has 1 saturated heterocycles. The molecular formula is C16H17N3O6. The van der Waals surface area contributed by atoms with Crippen molar-refractivity contribution in [2.75, 3.05) is 12.3 Å². The van der Waals surface area contributed by atoms with E-state index in [1.165, 1.54) is 0 Å². The molecule has 6 N–H and O–H groups in total. The normalized spacial score (nSPS) is 25.9. The van der Waals surface area contributed by atoms with E-state index in [0.717, 1.165) is 0 Å². The topological polar surface area (TPSA) is 159 Å². The van der Waals surface area contributed by atoms with E-state index in [1.54, 1.807) is 30.3 Å². The third-order valence-electron chi connectivity index (χ3n) is 4.09. The number of carbonyl (C=O) groups is 1. The van der Waals surface area contributed by atoms with Gasteiger partial charge in [0.2, 0.25) is 5.78 Å². The van der Waals surface area contributed by atoms with Crippen molar-refractivity contribution in [3.05, 3.63) is 57.6 Å². The Balaban J connectivity index is 2.11. The molecule has 0 amide bonds. The fourth-order valence-corrected chi connectivity index (χ4v) is 2.84. The van der Waals surface area contributed by atoms with Gasteiger partial charge in [0, 0.05) is 5.56 Å². The molecule has 2 heterocycles. The van der Waals surface area contributed by atoms with Crippen LogP contribution >= 0.6 is 0 Å². The zero-order chi connectivity index (χ0) is 18.1. The van der Waals surface area contributed by atoms with Crippen molar-refractivity contribution in [3.8, 4) is 0 Å². The fraction of sp³-hybridized carbons (Fsp3) is 0.312. The molecule has 1 fully saturated rings. The van der Waals surface area contributed by atoms with Gasteiger partial charge >= 0.3 is 5.69 Å². The van der Waals surface area contributed by atoms with Crippen LogP contribution in [0.3, 0.4) is 0 Å². The number of anilines is 1. The van der Waals surface area contributed by atoms with Gasteiger partial charge in [-0.1, -0.05) is 30.3 Å². The van der Waals surface area contributed by atoms with Gasteiger partial charge in [0.15, 0.2) is 0 Å². The number of aromatic amines is 1. The molecule has 0 spiro atoms. The highest BCUT2D eigenvalue weighted by atomic mass is 16.6. The summed E-state index contributed by atoms with van der Waals surface area (Å²) < 4.78 is 5.42. The quantitative estimate of drug-likeness (QED) is 0.428. The summed E-state index contributed by atoms with van der Waals surface area (Å²) in [6.45, 7) is -0.534. The van der Waals surface area contributed by atoms with Crippen LogP contribution < -0.4 is 11.4 Å². The highest BCUT2D eigenvalue weighted by Gasteiger charge is 2.45. The third-order valence-corrected chi connectivity index (χ3v) is 4.09. The van der Waals surface area contributed by atoms with E-state index in [4.69, 9.17) is 10.5 Å². The Morgan fingerprint density at radius 2 is 1.92 bits per heavy atom. The van der Waals surface area contributed by atoms with Crippen LogP contribution in [-0.2, 0) is 4.74 Å². The molecule has 1 aromatic carbocycles. The molecule has 25 heavy (non-hydrogen) atoms. The number of nitrogen functional groups attached to an aromatic ring is 1. The predicted octanol–water partition coefficient (Wildman–Crippen LogP) is -1.26. The number of nitrogens with two attached hydrogens (primary N) is 1. The van der Waals surface area contributed by atoms with Crippen LogP contribution in [-0.4, -0.2) is 56.0 Å². The number of ketones is 1. The van der Waals surface area contributed by atoms with Crippen LogP contribution in [0.4, 0.5) is 5.82 Å². The van der Waals surface area contributed by atoms with E-state index >= 15 is 0 Å². The lowest BCUT2D eigenvalue weighted by Crippen LogP contribution is -2.33. The molecule has 4 atom stereocenters. The number of aliphatic hydroxyl groups excluding tert-OH is 3. The zero-order valence-corrected chi connectivity index (χ0v) is 13.0. The maximum Gasteiger partial charge on any atom is 0.347 e. The minimum absolute atomic E-state index is 0.0315. The van der Waals surface area contributed by atoms with Crippen LogP contribution in [0.25, 0.3) is 0 Å². The van der Waals surface area contributed by atoms with E-state index < -0.39 is 42.5 Å². The summed E-state index contributed by atoms with van der Waals surface area (Å²) in [4.78, 5) is 30.3. The van der Waals surface area contributed by atoms with Gasteiger partial charge in [0.05, 0.1) is 12.2 Å². The van der Waals surface area contributed by atoms with E-state index in [9.17, 15) is 24.9 Å². The molecule has 0 aliphatic carbocycles. The Kier molecular flexibility index (Phi) is 4.64. The molecule has 1 aliphatic rings. The molecule has 9 heteroatoms. The number of H-pyrrole nitrogens is 1. The van der Waals surface area contributed by atoms with E-state index in [2.05, 4.69) is 9.97 Å². The third kappa shape index (κ3) is 3.05. The number of carbonyl (C=O) groups excluding carboxylic acids is 1. The molecule has 132 valence electrons. The lowest BCUT2D eigenvalue weighted by molar-refractivity contribution is -0.0228. The fourth-order valence-electron chi connectivity index (χ4n) is 2.84. The zero-order valence-electron chi connectivity index (χ0n) is 13.0. The van der Waals surface area contributed by atoms with Gasteiger partial charge in [-0.2, -0.15) is 4.98 Å². The first-order chi connectivity index (χ1) is 11.9. The van der Waals surface area contributed by atoms with Crippen molar-refractivity contribution in [2.24, 2.45) is 0 Å². The number of hydrogen-bond donors (Lipinski definition) is 5. The molecule has 9 nitrogen and oxygen atoms in total. The van der Waals surface area contributed by atoms with Crippen LogP contribution in [0.2, 0.25) is 0 Å². The number of hydrogen-bond acceptors (Lipinski definition) is 8. The Morgan fingerprint density at radius 1 is 1.24 bits per heavy atom. The van der Waals surface area contributed by atoms with Crippen LogP contribution in [0.5, 0.6) is 0 Å². The Morgan fingerprint density at radius 3 is 2.52 bits per heavy atom. The Hall–Kier alpha value is -2.59. The number of nitrogens with one attached hydrogen (secondary N) is 1. The van der Waals surface area contributed by atoms with Crippen LogP contribution in [0.1, 0.15) is 27.7 Å². The highest BCUT2D eigenvalue weighted by Crippen LogP contribution is 2.37. The average Bonchev–Trinajstić information content (AvgIpc) is 2.89. The van der Waals surface area contributed by atoms with Crippen molar-refractivity contribution >= 4 is 11.6 Å². The van der Waals surface area contributed by atoms with Crippen molar-refractivity contribution in [2.45, 2.75) is 24.4 Å². The van der Waals surface area contributed by atoms with Crippen molar-refractivity contribution in [1.29, 1.82) is 0 Å². The first-order valence-corrected chi connectivity index (χ1v) is 7.56. The predicted molar refractivity (Wildman–Crippen MR) is 85.9 cm³/mol. The molecule has 1 unspecified atom stereocenters. The molecule has 0 radical (unpaired) electrons. The van der Waals surface area contributed by atoms with E-state index in [0.29, 0.717) is 0 Å². The molecule has 1 aromatic heterocycles. The lowest BCUT2D eigenvalue weighted by Gasteiger charge is -2.19. The maximum absolute atomic E-state index is 12.8. The first kappa shape index (κ1) is 17.2. The smallest absolute Gasteiger partial charge is 0.347 e. The van der Waals surface area contributed by atoms with Gasteiger partial charge in [-0.15, -0.1) is 0 Å². The molecule has 0 saturated carbocycles. The van der Waals surface area contributed by atoms with E-state index in [1.807, 2.05) is 0 Å². The Bertz CT molecular complexity index is 838. The minimum Gasteiger partial charge on any atom is -0.394 e. The summed E-state index contributed by atoms with van der Waals surface area (Å²) in [5.74, 6) is -0.836. The number of nitrogens with zero attached hydrogens (tertiary/aromatic N) is 1. The highest BCUT2D eigenvalue weighted by molar-refractivity contribution is 6.09. The summed E-state index contributed by atoms with van der Waals surface area (Å²) >= 11 is 0. The van der Waals surface area contributed by atoms with Gasteiger partial charge in [-0.05, 0) is 0 Å². The summed E-state index contributed by atoms with van der Waals surface area (Å²) in [7, 11) is 0. The van der Waals surface area contributed by atoms with Gasteiger partial charge in [-0.3, -0.25) is 4.79 Å². The molecule has 2 aromatic rings. The number of ether oxygens (including phenoxy) is 1. The first-order valence-electron chi connectivity index (χ1n) is 7.56. The largest absolute Gasteiger partial charge is 0.394 e. The van der Waals surface area contributed by atoms with Crippen molar-refractivity contribution in [1.82, 2.24) is 9.97 Å². The molecule has 0 bridgehead atoms. The average molecular weight is 347 g/mol. The maximum atomic E-state index is 12.8. The lowest BCUT2D eigenvalue weighted by atomic mass is 9.96. The number of rotatable bonds is 4. The van der Waals surface area contributed by atoms with Gasteiger partial charge < -0.3 is 30.8 Å². The summed E-state index contributed by atoms with van der Waals surface area (Å²) in [6, 6.07) is 8.15. The van der Waals surface area contributed by atoms with Gasteiger partial charge in [-0.25, -0.2) is 4.79 Å². The summed E-state index contributed by atoms with van der Waals surface area (Å²) in [5, 5.41) is 29.4. The Labute approximate surface area is 141 Å². The van der Waals surface area contributed by atoms with Crippen LogP contribution in [0, 0.1) is 0 Å². The molecular weight excluding hydrogens is 330 g/mol. The number of benzene rings is 1. The van der Waals surface area contributed by atoms with Crippen LogP contribution in [0.15, 0.2) is 35.1 Å². The van der Waals surface area contributed by atoms with Gasteiger partial charge in [0.25, 0.3) is 0 Å². The second kappa shape index (κ2) is 6.73. The van der Waals surface area contributed by atoms with Crippen molar-refractivity contribution in [3.63, 3.8) is 0 Å². The molecule has 1 aliphatic heterocycles. The summed E-state index contributed by atoms with van der Waals surface area (Å²) in [6.07, 6.45) is -5.10. The molecule has 3 rings (SSSR count). The number of aliphatic hydroxyl groups is 3. The van der Waals surface area contributed by atoms with Gasteiger partial charge in [0.1, 0.15) is 35.9 Å². The standard InChI is InChI=1S/C16H17N3O6/c17-15-9(14-13(23)12(22)8(6-20)25-14)10(18-16(24)19-15)11(21)7-4-2-1-3-5-7/h1-5,8,12-14,20,22-23H,6H2,(H3,17,18,19,24)/t8-,12-,13-,14?/m1/s1. The van der Waals surface area contributed by atoms with E-state index in [-0.39, 0.29) is 22.6 Å². The second-order valence-corrected chi connectivity index (χ2v) is 5.67.